The molecule has 1 aromatic heterocycles. The van der Waals surface area contributed by atoms with Gasteiger partial charge in [0.15, 0.2) is 11.2 Å². The van der Waals surface area contributed by atoms with Crippen LogP contribution in [0.2, 0.25) is 0 Å². The summed E-state index contributed by atoms with van der Waals surface area (Å²) in [5, 5.41) is 0.489. The van der Waals surface area contributed by atoms with E-state index >= 15 is 0 Å². The summed E-state index contributed by atoms with van der Waals surface area (Å²) in [4.78, 5) is 25.1. The lowest BCUT2D eigenvalue weighted by atomic mass is 10.2. The Hall–Kier alpha value is -2.10. The van der Waals surface area contributed by atoms with Gasteiger partial charge in [0.1, 0.15) is 5.58 Å². The van der Waals surface area contributed by atoms with Gasteiger partial charge in [0.25, 0.3) is 5.91 Å². The molecular formula is C13H13NO3. The molecule has 0 aliphatic rings. The summed E-state index contributed by atoms with van der Waals surface area (Å²) >= 11 is 0. The Balaban J connectivity index is 2.58. The van der Waals surface area contributed by atoms with Crippen molar-refractivity contribution in [2.45, 2.75) is 6.92 Å². The molecule has 0 aliphatic heterocycles. The van der Waals surface area contributed by atoms with E-state index in [2.05, 4.69) is 0 Å². The first kappa shape index (κ1) is 11.4. The van der Waals surface area contributed by atoms with Crippen molar-refractivity contribution in [1.29, 1.82) is 0 Å². The fraction of sp³-hybridized carbons (Fsp3) is 0.231. The topological polar surface area (TPSA) is 50.5 Å². The van der Waals surface area contributed by atoms with Crippen molar-refractivity contribution >= 4 is 16.9 Å². The standard InChI is InChI=1S/C13H13NO3/c1-3-14(2)13(16)12-8-10(15)9-6-4-5-7-11(9)17-12/h4-8H,3H2,1-2H3. The van der Waals surface area contributed by atoms with Gasteiger partial charge in [0.2, 0.25) is 0 Å². The number of nitrogens with zero attached hydrogens (tertiary/aromatic N) is 1. The highest BCUT2D eigenvalue weighted by molar-refractivity contribution is 5.92. The largest absolute Gasteiger partial charge is 0.451 e. The fourth-order valence-electron chi connectivity index (χ4n) is 1.54. The lowest BCUT2D eigenvalue weighted by molar-refractivity contribution is 0.0771. The normalized spacial score (nSPS) is 10.5. The molecule has 0 N–H and O–H groups in total. The molecule has 0 atom stereocenters. The summed E-state index contributed by atoms with van der Waals surface area (Å²) in [5.41, 5.74) is 0.243. The molecular weight excluding hydrogens is 218 g/mol. The third kappa shape index (κ3) is 2.06. The van der Waals surface area contributed by atoms with Gasteiger partial charge in [-0.2, -0.15) is 0 Å². The van der Waals surface area contributed by atoms with E-state index in [0.29, 0.717) is 17.5 Å². The average molecular weight is 231 g/mol. The zero-order valence-corrected chi connectivity index (χ0v) is 9.77. The number of fused-ring (bicyclic) bond motifs is 1. The summed E-state index contributed by atoms with van der Waals surface area (Å²) in [7, 11) is 1.66. The van der Waals surface area contributed by atoms with Gasteiger partial charge in [-0.05, 0) is 19.1 Å². The highest BCUT2D eigenvalue weighted by Crippen LogP contribution is 2.12. The molecule has 88 valence electrons. The van der Waals surface area contributed by atoms with E-state index in [0.717, 1.165) is 0 Å². The highest BCUT2D eigenvalue weighted by atomic mass is 16.3. The van der Waals surface area contributed by atoms with Crippen LogP contribution in [0.4, 0.5) is 0 Å². The molecule has 1 amide bonds. The van der Waals surface area contributed by atoms with Crippen LogP contribution in [0.25, 0.3) is 11.0 Å². The molecule has 0 aliphatic carbocycles. The Labute approximate surface area is 98.5 Å². The summed E-state index contributed by atoms with van der Waals surface area (Å²) in [6.07, 6.45) is 0. The minimum absolute atomic E-state index is 0.0815. The Kier molecular flexibility index (Phi) is 2.95. The van der Waals surface area contributed by atoms with E-state index in [1.165, 1.54) is 11.0 Å². The van der Waals surface area contributed by atoms with E-state index in [9.17, 15) is 9.59 Å². The van der Waals surface area contributed by atoms with Crippen LogP contribution in [-0.2, 0) is 0 Å². The first-order chi connectivity index (χ1) is 8.13. The minimum Gasteiger partial charge on any atom is -0.451 e. The fourth-order valence-corrected chi connectivity index (χ4v) is 1.54. The van der Waals surface area contributed by atoms with Gasteiger partial charge < -0.3 is 9.32 Å². The third-order valence-corrected chi connectivity index (χ3v) is 2.67. The number of carbonyl (C=O) groups is 1. The van der Waals surface area contributed by atoms with Gasteiger partial charge in [0, 0.05) is 19.7 Å². The number of carbonyl (C=O) groups excluding carboxylic acids is 1. The molecule has 2 aromatic rings. The van der Waals surface area contributed by atoms with Crippen LogP contribution >= 0.6 is 0 Å². The quantitative estimate of drug-likeness (QED) is 0.793. The molecule has 0 unspecified atom stereocenters. The van der Waals surface area contributed by atoms with Gasteiger partial charge in [0.05, 0.1) is 5.39 Å². The maximum absolute atomic E-state index is 11.9. The number of para-hydroxylation sites is 1. The first-order valence-electron chi connectivity index (χ1n) is 5.42. The van der Waals surface area contributed by atoms with Gasteiger partial charge in [-0.3, -0.25) is 9.59 Å². The van der Waals surface area contributed by atoms with Crippen molar-refractivity contribution in [3.63, 3.8) is 0 Å². The number of hydrogen-bond donors (Lipinski definition) is 0. The Morgan fingerprint density at radius 2 is 2.06 bits per heavy atom. The molecule has 1 aromatic carbocycles. The Morgan fingerprint density at radius 1 is 1.35 bits per heavy atom. The lowest BCUT2D eigenvalue weighted by Crippen LogP contribution is -2.27. The molecule has 4 nitrogen and oxygen atoms in total. The van der Waals surface area contributed by atoms with Gasteiger partial charge in [-0.25, -0.2) is 0 Å². The minimum atomic E-state index is -0.282. The molecule has 2 rings (SSSR count). The van der Waals surface area contributed by atoms with Crippen LogP contribution in [0.15, 0.2) is 39.5 Å². The van der Waals surface area contributed by atoms with Crippen LogP contribution in [0.1, 0.15) is 17.5 Å². The predicted octanol–water partition coefficient (Wildman–Crippen LogP) is 1.88. The highest BCUT2D eigenvalue weighted by Gasteiger charge is 2.14. The van der Waals surface area contributed by atoms with Crippen molar-refractivity contribution in [2.75, 3.05) is 13.6 Å². The van der Waals surface area contributed by atoms with Crippen molar-refractivity contribution in [3.8, 4) is 0 Å². The van der Waals surface area contributed by atoms with E-state index in [1.807, 2.05) is 6.92 Å². The van der Waals surface area contributed by atoms with Crippen molar-refractivity contribution in [3.05, 3.63) is 46.3 Å². The van der Waals surface area contributed by atoms with Gasteiger partial charge in [-0.15, -0.1) is 0 Å². The third-order valence-electron chi connectivity index (χ3n) is 2.67. The second kappa shape index (κ2) is 4.41. The molecule has 1 heterocycles. The summed E-state index contributed by atoms with van der Waals surface area (Å²) < 4.78 is 5.44. The van der Waals surface area contributed by atoms with E-state index in [-0.39, 0.29) is 17.1 Å². The van der Waals surface area contributed by atoms with Crippen LogP contribution in [0.3, 0.4) is 0 Å². The molecule has 0 spiro atoms. The second-order valence-corrected chi connectivity index (χ2v) is 3.79. The molecule has 4 heteroatoms. The van der Waals surface area contributed by atoms with Crippen LogP contribution in [0, 0.1) is 0 Å². The predicted molar refractivity (Wildman–Crippen MR) is 65.1 cm³/mol. The van der Waals surface area contributed by atoms with Gasteiger partial charge in [-0.1, -0.05) is 12.1 Å². The van der Waals surface area contributed by atoms with Crippen molar-refractivity contribution < 1.29 is 9.21 Å². The SMILES string of the molecule is CCN(C)C(=O)c1cc(=O)c2ccccc2o1. The van der Waals surface area contributed by atoms with Crippen LogP contribution in [0.5, 0.6) is 0 Å². The monoisotopic (exact) mass is 231 g/mol. The summed E-state index contributed by atoms with van der Waals surface area (Å²) in [5.74, 6) is -0.201. The van der Waals surface area contributed by atoms with Crippen LogP contribution in [-0.4, -0.2) is 24.4 Å². The molecule has 0 bridgehead atoms. The molecule has 0 saturated heterocycles. The number of benzene rings is 1. The van der Waals surface area contributed by atoms with E-state index in [4.69, 9.17) is 4.42 Å². The maximum atomic E-state index is 11.9. The summed E-state index contributed by atoms with van der Waals surface area (Å²) in [6, 6.07) is 8.14. The smallest absolute Gasteiger partial charge is 0.289 e. The number of hydrogen-bond acceptors (Lipinski definition) is 3. The summed E-state index contributed by atoms with van der Waals surface area (Å²) in [6.45, 7) is 2.42. The lowest BCUT2D eigenvalue weighted by Gasteiger charge is -2.13. The zero-order valence-electron chi connectivity index (χ0n) is 9.77. The first-order valence-corrected chi connectivity index (χ1v) is 5.42. The van der Waals surface area contributed by atoms with E-state index in [1.54, 1.807) is 31.3 Å². The Morgan fingerprint density at radius 3 is 2.76 bits per heavy atom. The van der Waals surface area contributed by atoms with Crippen molar-refractivity contribution in [2.24, 2.45) is 0 Å². The van der Waals surface area contributed by atoms with Crippen molar-refractivity contribution in [1.82, 2.24) is 4.90 Å². The molecule has 17 heavy (non-hydrogen) atoms. The number of rotatable bonds is 2. The average Bonchev–Trinajstić information content (AvgIpc) is 2.37. The zero-order chi connectivity index (χ0) is 12.4. The molecule has 0 fully saturated rings. The van der Waals surface area contributed by atoms with Gasteiger partial charge >= 0.3 is 0 Å². The number of amides is 1. The maximum Gasteiger partial charge on any atom is 0.289 e. The Bertz CT molecular complexity index is 615. The molecule has 0 saturated carbocycles. The molecule has 0 radical (unpaired) electrons. The second-order valence-electron chi connectivity index (χ2n) is 3.79. The van der Waals surface area contributed by atoms with E-state index < -0.39 is 0 Å². The van der Waals surface area contributed by atoms with Crippen LogP contribution < -0.4 is 5.43 Å².